The Morgan fingerprint density at radius 3 is 2.20 bits per heavy atom. The number of hydrogen-bond acceptors (Lipinski definition) is 6. The SMILES string of the molecule is CC1(C)OCCO[C@H](CNC(=O)c2ccncc2)[C@H](CNC(=O)c2ccccc2)O1. The molecule has 1 saturated heterocycles. The molecule has 2 amide bonds. The number of carbonyl (C=O) groups is 2. The van der Waals surface area contributed by atoms with Gasteiger partial charge >= 0.3 is 0 Å². The minimum Gasteiger partial charge on any atom is -0.371 e. The number of nitrogens with one attached hydrogen (secondary N) is 2. The molecule has 2 aromatic rings. The molecule has 0 aliphatic carbocycles. The molecule has 8 nitrogen and oxygen atoms in total. The van der Waals surface area contributed by atoms with Crippen LogP contribution in [-0.2, 0) is 14.2 Å². The molecule has 30 heavy (non-hydrogen) atoms. The van der Waals surface area contributed by atoms with Gasteiger partial charge in [0.1, 0.15) is 12.2 Å². The third kappa shape index (κ3) is 6.35. The van der Waals surface area contributed by atoms with Gasteiger partial charge in [0.15, 0.2) is 5.79 Å². The fraction of sp³-hybridized carbons (Fsp3) is 0.409. The van der Waals surface area contributed by atoms with Gasteiger partial charge in [0, 0.05) is 36.6 Å². The summed E-state index contributed by atoms with van der Waals surface area (Å²) in [5.41, 5.74) is 1.07. The van der Waals surface area contributed by atoms with Crippen molar-refractivity contribution in [3.05, 3.63) is 66.0 Å². The van der Waals surface area contributed by atoms with Crippen molar-refractivity contribution in [2.45, 2.75) is 31.8 Å². The Balaban J connectivity index is 1.65. The predicted molar refractivity (Wildman–Crippen MR) is 110 cm³/mol. The van der Waals surface area contributed by atoms with E-state index in [4.69, 9.17) is 14.2 Å². The van der Waals surface area contributed by atoms with E-state index < -0.39 is 18.0 Å². The van der Waals surface area contributed by atoms with Crippen LogP contribution in [0.15, 0.2) is 54.9 Å². The highest BCUT2D eigenvalue weighted by atomic mass is 16.7. The maximum Gasteiger partial charge on any atom is 0.251 e. The van der Waals surface area contributed by atoms with Crippen molar-refractivity contribution in [1.29, 1.82) is 0 Å². The summed E-state index contributed by atoms with van der Waals surface area (Å²) >= 11 is 0. The number of hydrogen-bond donors (Lipinski definition) is 2. The third-order valence-electron chi connectivity index (χ3n) is 4.62. The first-order valence-corrected chi connectivity index (χ1v) is 9.89. The van der Waals surface area contributed by atoms with E-state index in [1.54, 1.807) is 48.8 Å². The maximum absolute atomic E-state index is 12.4. The monoisotopic (exact) mass is 413 g/mol. The smallest absolute Gasteiger partial charge is 0.251 e. The fourth-order valence-corrected chi connectivity index (χ4v) is 3.12. The molecule has 2 N–H and O–H groups in total. The Hall–Kier alpha value is -2.81. The molecule has 1 fully saturated rings. The fourth-order valence-electron chi connectivity index (χ4n) is 3.12. The van der Waals surface area contributed by atoms with Gasteiger partial charge in [-0.2, -0.15) is 0 Å². The minimum atomic E-state index is -0.848. The second-order valence-corrected chi connectivity index (χ2v) is 7.34. The number of rotatable bonds is 6. The van der Waals surface area contributed by atoms with Gasteiger partial charge in [-0.25, -0.2) is 0 Å². The van der Waals surface area contributed by atoms with Crippen molar-refractivity contribution >= 4 is 11.8 Å². The van der Waals surface area contributed by atoms with Crippen LogP contribution >= 0.6 is 0 Å². The van der Waals surface area contributed by atoms with E-state index in [0.29, 0.717) is 24.3 Å². The van der Waals surface area contributed by atoms with Gasteiger partial charge < -0.3 is 24.8 Å². The maximum atomic E-state index is 12.4. The third-order valence-corrected chi connectivity index (χ3v) is 4.62. The Labute approximate surface area is 175 Å². The van der Waals surface area contributed by atoms with Crippen LogP contribution in [0.5, 0.6) is 0 Å². The number of amides is 2. The quantitative estimate of drug-likeness (QED) is 0.749. The number of benzene rings is 1. The van der Waals surface area contributed by atoms with Crippen molar-refractivity contribution in [1.82, 2.24) is 15.6 Å². The zero-order valence-electron chi connectivity index (χ0n) is 17.2. The molecular formula is C22H27N3O5. The van der Waals surface area contributed by atoms with E-state index in [1.807, 2.05) is 19.9 Å². The first-order chi connectivity index (χ1) is 14.4. The molecule has 1 aliphatic rings. The summed E-state index contributed by atoms with van der Waals surface area (Å²) in [5, 5.41) is 5.75. The second-order valence-electron chi connectivity index (χ2n) is 7.34. The van der Waals surface area contributed by atoms with Crippen molar-refractivity contribution in [3.63, 3.8) is 0 Å². The minimum absolute atomic E-state index is 0.205. The lowest BCUT2D eigenvalue weighted by molar-refractivity contribution is -0.277. The normalized spacial score (nSPS) is 21.1. The second kappa shape index (κ2) is 10.3. The Morgan fingerprint density at radius 2 is 1.53 bits per heavy atom. The van der Waals surface area contributed by atoms with Crippen molar-refractivity contribution in [2.24, 2.45) is 0 Å². The van der Waals surface area contributed by atoms with Crippen molar-refractivity contribution in [3.8, 4) is 0 Å². The van der Waals surface area contributed by atoms with Gasteiger partial charge in [0.2, 0.25) is 0 Å². The number of ether oxygens (including phenoxy) is 3. The van der Waals surface area contributed by atoms with E-state index in [1.165, 1.54) is 0 Å². The van der Waals surface area contributed by atoms with Gasteiger partial charge in [0.05, 0.1) is 13.2 Å². The molecule has 8 heteroatoms. The summed E-state index contributed by atoms with van der Waals surface area (Å²) < 4.78 is 17.7. The van der Waals surface area contributed by atoms with Crippen LogP contribution in [0.1, 0.15) is 34.6 Å². The molecule has 0 spiro atoms. The van der Waals surface area contributed by atoms with Gasteiger partial charge in [-0.05, 0) is 38.1 Å². The number of nitrogens with zero attached hydrogens (tertiary/aromatic N) is 1. The number of pyridine rings is 1. The first-order valence-electron chi connectivity index (χ1n) is 9.89. The van der Waals surface area contributed by atoms with E-state index >= 15 is 0 Å². The molecule has 0 unspecified atom stereocenters. The lowest BCUT2D eigenvalue weighted by Gasteiger charge is -2.37. The molecule has 0 radical (unpaired) electrons. The van der Waals surface area contributed by atoms with E-state index in [9.17, 15) is 9.59 Å². The zero-order chi connectivity index (χ0) is 21.4. The molecule has 160 valence electrons. The average molecular weight is 413 g/mol. The first kappa shape index (κ1) is 21.9. The Bertz CT molecular complexity index is 829. The van der Waals surface area contributed by atoms with E-state index in [-0.39, 0.29) is 24.9 Å². The highest BCUT2D eigenvalue weighted by Crippen LogP contribution is 2.20. The topological polar surface area (TPSA) is 98.8 Å². The lowest BCUT2D eigenvalue weighted by atomic mass is 10.1. The molecule has 2 atom stereocenters. The molecule has 3 rings (SSSR count). The van der Waals surface area contributed by atoms with Crippen LogP contribution in [0.4, 0.5) is 0 Å². The molecule has 0 bridgehead atoms. The van der Waals surface area contributed by atoms with Crippen LogP contribution in [-0.4, -0.2) is 61.1 Å². The largest absolute Gasteiger partial charge is 0.371 e. The molecule has 1 aliphatic heterocycles. The number of carbonyl (C=O) groups excluding carboxylic acids is 2. The Kier molecular flexibility index (Phi) is 7.51. The summed E-state index contributed by atoms with van der Waals surface area (Å²) in [6.07, 6.45) is 2.14. The molecule has 1 aromatic carbocycles. The molecule has 2 heterocycles. The van der Waals surface area contributed by atoms with Crippen molar-refractivity contribution in [2.75, 3.05) is 26.3 Å². The summed E-state index contributed by atoms with van der Waals surface area (Å²) in [7, 11) is 0. The van der Waals surface area contributed by atoms with E-state index in [2.05, 4.69) is 15.6 Å². The highest BCUT2D eigenvalue weighted by Gasteiger charge is 2.33. The summed E-state index contributed by atoms with van der Waals surface area (Å²) in [6, 6.07) is 12.2. The van der Waals surface area contributed by atoms with Gasteiger partial charge in [-0.3, -0.25) is 14.6 Å². The average Bonchev–Trinajstić information content (AvgIpc) is 2.76. The zero-order valence-corrected chi connectivity index (χ0v) is 17.2. The van der Waals surface area contributed by atoms with Crippen LogP contribution in [0.3, 0.4) is 0 Å². The van der Waals surface area contributed by atoms with Gasteiger partial charge in [0.25, 0.3) is 11.8 Å². The predicted octanol–water partition coefficient (Wildman–Crippen LogP) is 1.78. The molecular weight excluding hydrogens is 386 g/mol. The van der Waals surface area contributed by atoms with Crippen LogP contribution < -0.4 is 10.6 Å². The van der Waals surface area contributed by atoms with Crippen LogP contribution in [0.25, 0.3) is 0 Å². The standard InChI is InChI=1S/C22H27N3O5/c1-22(2)29-13-12-28-18(14-24-21(27)17-8-10-23-11-9-17)19(30-22)15-25-20(26)16-6-4-3-5-7-16/h3-11,18-19H,12-15H2,1-2H3,(H,24,27)(H,25,26)/t18-,19+/m1/s1. The van der Waals surface area contributed by atoms with Crippen LogP contribution in [0, 0.1) is 0 Å². The lowest BCUT2D eigenvalue weighted by Crippen LogP contribution is -2.52. The van der Waals surface area contributed by atoms with Gasteiger partial charge in [-0.1, -0.05) is 18.2 Å². The Morgan fingerprint density at radius 1 is 0.933 bits per heavy atom. The van der Waals surface area contributed by atoms with Gasteiger partial charge in [-0.15, -0.1) is 0 Å². The summed E-state index contributed by atoms with van der Waals surface area (Å²) in [5.74, 6) is -1.29. The summed E-state index contributed by atoms with van der Waals surface area (Å²) in [4.78, 5) is 28.8. The van der Waals surface area contributed by atoms with Crippen molar-refractivity contribution < 1.29 is 23.8 Å². The molecule has 1 aromatic heterocycles. The summed E-state index contributed by atoms with van der Waals surface area (Å²) in [6.45, 7) is 4.78. The number of aromatic nitrogens is 1. The van der Waals surface area contributed by atoms with Crippen LogP contribution in [0.2, 0.25) is 0 Å². The van der Waals surface area contributed by atoms with E-state index in [0.717, 1.165) is 0 Å². The molecule has 0 saturated carbocycles. The highest BCUT2D eigenvalue weighted by molar-refractivity contribution is 5.94.